The third kappa shape index (κ3) is 1.86. The molecule has 2 heteroatoms. The Kier molecular flexibility index (Phi) is 2.28. The maximum Gasteiger partial charge on any atom is 0.123 e. The van der Waals surface area contributed by atoms with Gasteiger partial charge in [-0.15, -0.1) is 0 Å². The lowest BCUT2D eigenvalue weighted by molar-refractivity contribution is 0.210. The number of hydrogen-bond donors (Lipinski definition) is 0. The molecule has 0 bridgehead atoms. The molecule has 0 N–H and O–H groups in total. The third-order valence-corrected chi connectivity index (χ3v) is 2.34. The van der Waals surface area contributed by atoms with E-state index in [1.165, 1.54) is 0 Å². The summed E-state index contributed by atoms with van der Waals surface area (Å²) in [5.41, 5.74) is 1.11. The van der Waals surface area contributed by atoms with Gasteiger partial charge in [0.1, 0.15) is 5.76 Å². The van der Waals surface area contributed by atoms with Gasteiger partial charge in [-0.1, -0.05) is 11.6 Å². The predicted molar refractivity (Wildman–Crippen MR) is 54.6 cm³/mol. The molecule has 0 aliphatic carbocycles. The van der Waals surface area contributed by atoms with Crippen molar-refractivity contribution in [2.45, 2.75) is 19.4 Å². The fourth-order valence-electron chi connectivity index (χ4n) is 1.39. The van der Waals surface area contributed by atoms with Crippen LogP contribution >= 0.6 is 11.6 Å². The van der Waals surface area contributed by atoms with Crippen LogP contribution in [0, 0.1) is 0 Å². The molecule has 1 heterocycles. The lowest BCUT2D eigenvalue weighted by atomic mass is 10.2. The van der Waals surface area contributed by atoms with E-state index in [0.29, 0.717) is 6.10 Å². The van der Waals surface area contributed by atoms with Crippen molar-refractivity contribution in [2.75, 3.05) is 0 Å². The summed E-state index contributed by atoms with van der Waals surface area (Å²) < 4.78 is 5.61. The molecule has 68 valence electrons. The van der Waals surface area contributed by atoms with Gasteiger partial charge in [0.25, 0.3) is 0 Å². The minimum Gasteiger partial charge on any atom is -0.490 e. The first-order valence-corrected chi connectivity index (χ1v) is 4.76. The van der Waals surface area contributed by atoms with Gasteiger partial charge in [0.2, 0.25) is 0 Å². The summed E-state index contributed by atoms with van der Waals surface area (Å²) >= 11 is 5.79. The van der Waals surface area contributed by atoms with E-state index in [2.05, 4.69) is 13.0 Å². The normalized spacial score (nSPS) is 21.1. The standard InChI is InChI=1S/C11H11ClO/c1-8-2-7-11(13-8)9-3-5-10(12)6-4-9/h3-8H,2H2,1H3. The molecule has 13 heavy (non-hydrogen) atoms. The number of benzene rings is 1. The van der Waals surface area contributed by atoms with E-state index in [-0.39, 0.29) is 0 Å². The Morgan fingerprint density at radius 1 is 1.31 bits per heavy atom. The number of hydrogen-bond acceptors (Lipinski definition) is 1. The topological polar surface area (TPSA) is 9.23 Å². The van der Waals surface area contributed by atoms with Crippen LogP contribution in [-0.2, 0) is 4.74 Å². The quantitative estimate of drug-likeness (QED) is 0.665. The molecule has 0 aromatic heterocycles. The van der Waals surface area contributed by atoms with Gasteiger partial charge in [0, 0.05) is 17.0 Å². The van der Waals surface area contributed by atoms with Crippen molar-refractivity contribution in [3.05, 3.63) is 40.9 Å². The zero-order valence-corrected chi connectivity index (χ0v) is 8.21. The van der Waals surface area contributed by atoms with E-state index in [1.54, 1.807) is 0 Å². The van der Waals surface area contributed by atoms with Gasteiger partial charge >= 0.3 is 0 Å². The maximum absolute atomic E-state index is 5.79. The molecule has 1 nitrogen and oxygen atoms in total. The first kappa shape index (κ1) is 8.64. The van der Waals surface area contributed by atoms with Crippen molar-refractivity contribution < 1.29 is 4.74 Å². The molecule has 1 aromatic rings. The van der Waals surface area contributed by atoms with Crippen LogP contribution in [-0.4, -0.2) is 6.10 Å². The van der Waals surface area contributed by atoms with Crippen molar-refractivity contribution in [2.24, 2.45) is 0 Å². The lowest BCUT2D eigenvalue weighted by Crippen LogP contribution is -1.97. The number of ether oxygens (including phenoxy) is 1. The molecule has 0 spiro atoms. The monoisotopic (exact) mass is 194 g/mol. The fraction of sp³-hybridized carbons (Fsp3) is 0.273. The highest BCUT2D eigenvalue weighted by Gasteiger charge is 2.14. The molecule has 1 atom stereocenters. The molecule has 0 saturated carbocycles. The molecule has 1 aromatic carbocycles. The van der Waals surface area contributed by atoms with E-state index in [4.69, 9.17) is 16.3 Å². The van der Waals surface area contributed by atoms with Crippen LogP contribution in [0.5, 0.6) is 0 Å². The van der Waals surface area contributed by atoms with Crippen molar-refractivity contribution in [1.29, 1.82) is 0 Å². The minimum absolute atomic E-state index is 0.311. The second-order valence-corrected chi connectivity index (χ2v) is 3.68. The predicted octanol–water partition coefficient (Wildman–Crippen LogP) is 3.49. The largest absolute Gasteiger partial charge is 0.490 e. The van der Waals surface area contributed by atoms with E-state index < -0.39 is 0 Å². The highest BCUT2D eigenvalue weighted by molar-refractivity contribution is 6.30. The minimum atomic E-state index is 0.311. The first-order valence-electron chi connectivity index (χ1n) is 4.38. The highest BCUT2D eigenvalue weighted by Crippen LogP contribution is 2.26. The van der Waals surface area contributed by atoms with Gasteiger partial charge < -0.3 is 4.74 Å². The Balaban J connectivity index is 2.22. The molecule has 0 fully saturated rings. The smallest absolute Gasteiger partial charge is 0.123 e. The van der Waals surface area contributed by atoms with Crippen LogP contribution < -0.4 is 0 Å². The molecular formula is C11H11ClO. The molecule has 1 aliphatic heterocycles. The van der Waals surface area contributed by atoms with Crippen LogP contribution in [0.3, 0.4) is 0 Å². The van der Waals surface area contributed by atoms with Gasteiger partial charge in [-0.25, -0.2) is 0 Å². The molecule has 0 radical (unpaired) electrons. The van der Waals surface area contributed by atoms with Crippen molar-refractivity contribution in [3.8, 4) is 0 Å². The van der Waals surface area contributed by atoms with E-state index in [0.717, 1.165) is 22.8 Å². The summed E-state index contributed by atoms with van der Waals surface area (Å²) in [5.74, 6) is 0.976. The molecular weight excluding hydrogens is 184 g/mol. The average Bonchev–Trinajstić information content (AvgIpc) is 2.53. The van der Waals surface area contributed by atoms with Crippen LogP contribution in [0.1, 0.15) is 18.9 Å². The Bertz CT molecular complexity index is 326. The van der Waals surface area contributed by atoms with Crippen LogP contribution in [0.25, 0.3) is 5.76 Å². The zero-order chi connectivity index (χ0) is 9.26. The number of halogens is 1. The Hall–Kier alpha value is -0.950. The lowest BCUT2D eigenvalue weighted by Gasteiger charge is -2.07. The third-order valence-electron chi connectivity index (χ3n) is 2.09. The van der Waals surface area contributed by atoms with Crippen LogP contribution in [0.2, 0.25) is 5.02 Å². The summed E-state index contributed by atoms with van der Waals surface area (Å²) in [4.78, 5) is 0. The van der Waals surface area contributed by atoms with Crippen molar-refractivity contribution >= 4 is 17.4 Å². The molecule has 1 unspecified atom stereocenters. The molecule has 1 aliphatic rings. The van der Waals surface area contributed by atoms with Crippen molar-refractivity contribution in [3.63, 3.8) is 0 Å². The van der Waals surface area contributed by atoms with Gasteiger partial charge in [-0.2, -0.15) is 0 Å². The molecule has 0 saturated heterocycles. The van der Waals surface area contributed by atoms with Gasteiger partial charge in [0.05, 0.1) is 6.10 Å². The number of rotatable bonds is 1. The summed E-state index contributed by atoms with van der Waals surface area (Å²) in [7, 11) is 0. The molecule has 0 amide bonds. The van der Waals surface area contributed by atoms with E-state index in [1.807, 2.05) is 24.3 Å². The Morgan fingerprint density at radius 3 is 2.54 bits per heavy atom. The SMILES string of the molecule is CC1CC=C(c2ccc(Cl)cc2)O1. The van der Waals surface area contributed by atoms with E-state index >= 15 is 0 Å². The Labute approximate surface area is 83.0 Å². The average molecular weight is 195 g/mol. The van der Waals surface area contributed by atoms with Gasteiger partial charge in [-0.3, -0.25) is 0 Å². The van der Waals surface area contributed by atoms with Crippen LogP contribution in [0.4, 0.5) is 0 Å². The van der Waals surface area contributed by atoms with Gasteiger partial charge in [0.15, 0.2) is 0 Å². The second kappa shape index (κ2) is 3.43. The summed E-state index contributed by atoms with van der Waals surface area (Å²) in [6, 6.07) is 7.71. The Morgan fingerprint density at radius 2 is 2.00 bits per heavy atom. The second-order valence-electron chi connectivity index (χ2n) is 3.24. The maximum atomic E-state index is 5.79. The summed E-state index contributed by atoms with van der Waals surface area (Å²) in [6.45, 7) is 2.07. The van der Waals surface area contributed by atoms with E-state index in [9.17, 15) is 0 Å². The zero-order valence-electron chi connectivity index (χ0n) is 7.46. The van der Waals surface area contributed by atoms with Crippen molar-refractivity contribution in [1.82, 2.24) is 0 Å². The van der Waals surface area contributed by atoms with Gasteiger partial charge in [-0.05, 0) is 37.3 Å². The fourth-order valence-corrected chi connectivity index (χ4v) is 1.51. The summed E-state index contributed by atoms with van der Waals surface area (Å²) in [5, 5.41) is 0.760. The molecule has 2 rings (SSSR count). The highest BCUT2D eigenvalue weighted by atomic mass is 35.5. The van der Waals surface area contributed by atoms with Crippen LogP contribution in [0.15, 0.2) is 30.3 Å². The summed E-state index contributed by atoms with van der Waals surface area (Å²) in [6.07, 6.45) is 3.43. The first-order chi connectivity index (χ1) is 6.25.